The Kier molecular flexibility index (Phi) is 7.01. The van der Waals surface area contributed by atoms with Gasteiger partial charge in [0.1, 0.15) is 6.04 Å². The zero-order valence-electron chi connectivity index (χ0n) is 13.6. The number of aromatic nitrogens is 2. The Morgan fingerprint density at radius 3 is 2.62 bits per heavy atom. The van der Waals surface area contributed by atoms with Crippen LogP contribution >= 0.6 is 0 Å². The zero-order chi connectivity index (χ0) is 17.2. The monoisotopic (exact) mass is 329 g/mol. The molecule has 0 saturated heterocycles. The Balaban J connectivity index is 1.67. The summed E-state index contributed by atoms with van der Waals surface area (Å²) in [7, 11) is 0. The van der Waals surface area contributed by atoms with E-state index in [-0.39, 0.29) is 5.91 Å². The van der Waals surface area contributed by atoms with Crippen molar-refractivity contribution in [1.82, 2.24) is 14.9 Å². The SMILES string of the molecule is O=C(CCCCCn1ccnc1)NC(Cc1ccccc1)C(=O)O. The molecule has 0 saturated carbocycles. The van der Waals surface area contributed by atoms with Crippen LogP contribution in [0.2, 0.25) is 0 Å². The van der Waals surface area contributed by atoms with Gasteiger partial charge in [-0.15, -0.1) is 0 Å². The van der Waals surface area contributed by atoms with Gasteiger partial charge in [0.2, 0.25) is 5.91 Å². The van der Waals surface area contributed by atoms with E-state index in [1.165, 1.54) is 0 Å². The van der Waals surface area contributed by atoms with Crippen molar-refractivity contribution in [3.63, 3.8) is 0 Å². The van der Waals surface area contributed by atoms with Gasteiger partial charge >= 0.3 is 5.97 Å². The Bertz CT molecular complexity index is 626. The molecule has 24 heavy (non-hydrogen) atoms. The summed E-state index contributed by atoms with van der Waals surface area (Å²) in [6.45, 7) is 0.882. The van der Waals surface area contributed by atoms with Crippen LogP contribution in [0, 0.1) is 0 Å². The number of hydrogen-bond acceptors (Lipinski definition) is 3. The van der Waals surface area contributed by atoms with Crippen LogP contribution in [0.1, 0.15) is 31.2 Å². The molecular weight excluding hydrogens is 306 g/mol. The molecule has 0 radical (unpaired) electrons. The number of rotatable bonds is 10. The van der Waals surface area contributed by atoms with Gasteiger partial charge in [-0.05, 0) is 18.4 Å². The molecule has 0 aliphatic heterocycles. The van der Waals surface area contributed by atoms with E-state index in [1.807, 2.05) is 41.1 Å². The highest BCUT2D eigenvalue weighted by Gasteiger charge is 2.19. The summed E-state index contributed by atoms with van der Waals surface area (Å²) in [6, 6.07) is 8.43. The maximum atomic E-state index is 12.0. The number of nitrogens with zero attached hydrogens (tertiary/aromatic N) is 2. The highest BCUT2D eigenvalue weighted by Crippen LogP contribution is 2.06. The number of carbonyl (C=O) groups is 2. The number of unbranched alkanes of at least 4 members (excludes halogenated alkanes) is 2. The molecule has 128 valence electrons. The maximum absolute atomic E-state index is 12.0. The van der Waals surface area contributed by atoms with Crippen LogP contribution in [-0.4, -0.2) is 32.6 Å². The Labute approximate surface area is 141 Å². The van der Waals surface area contributed by atoms with Crippen LogP contribution in [0.25, 0.3) is 0 Å². The summed E-state index contributed by atoms with van der Waals surface area (Å²) in [6.07, 6.45) is 8.70. The van der Waals surface area contributed by atoms with E-state index < -0.39 is 12.0 Å². The Morgan fingerprint density at radius 1 is 1.17 bits per heavy atom. The van der Waals surface area contributed by atoms with Gasteiger partial charge in [-0.2, -0.15) is 0 Å². The third kappa shape index (κ3) is 6.24. The molecule has 6 heteroatoms. The molecule has 2 N–H and O–H groups in total. The lowest BCUT2D eigenvalue weighted by Gasteiger charge is -2.14. The number of benzene rings is 1. The van der Waals surface area contributed by atoms with E-state index in [2.05, 4.69) is 10.3 Å². The van der Waals surface area contributed by atoms with Crippen molar-refractivity contribution in [1.29, 1.82) is 0 Å². The number of amides is 1. The van der Waals surface area contributed by atoms with Crippen molar-refractivity contribution in [3.8, 4) is 0 Å². The Morgan fingerprint density at radius 2 is 1.96 bits per heavy atom. The number of carboxylic acid groups (broad SMARTS) is 1. The fourth-order valence-corrected chi connectivity index (χ4v) is 2.49. The van der Waals surface area contributed by atoms with Crippen LogP contribution < -0.4 is 5.32 Å². The smallest absolute Gasteiger partial charge is 0.326 e. The predicted octanol–water partition coefficient (Wildman–Crippen LogP) is 2.26. The van der Waals surface area contributed by atoms with Gasteiger partial charge in [-0.1, -0.05) is 36.8 Å². The number of aliphatic carboxylic acids is 1. The minimum atomic E-state index is -1.01. The first-order valence-electron chi connectivity index (χ1n) is 8.17. The van der Waals surface area contributed by atoms with E-state index in [4.69, 9.17) is 0 Å². The first-order chi connectivity index (χ1) is 11.6. The molecule has 1 aromatic heterocycles. The van der Waals surface area contributed by atoms with Gasteiger partial charge in [-0.3, -0.25) is 4.79 Å². The second-order valence-corrected chi connectivity index (χ2v) is 5.76. The fraction of sp³-hybridized carbons (Fsp3) is 0.389. The van der Waals surface area contributed by atoms with Crippen LogP contribution in [0.5, 0.6) is 0 Å². The number of nitrogens with one attached hydrogen (secondary N) is 1. The minimum Gasteiger partial charge on any atom is -0.480 e. The van der Waals surface area contributed by atoms with Gasteiger partial charge in [0.15, 0.2) is 0 Å². The average molecular weight is 329 g/mol. The first-order valence-corrected chi connectivity index (χ1v) is 8.17. The van der Waals surface area contributed by atoms with Crippen molar-refractivity contribution in [3.05, 3.63) is 54.6 Å². The molecule has 1 aromatic carbocycles. The zero-order valence-corrected chi connectivity index (χ0v) is 13.6. The lowest BCUT2D eigenvalue weighted by molar-refractivity contribution is -0.141. The van der Waals surface area contributed by atoms with E-state index >= 15 is 0 Å². The van der Waals surface area contributed by atoms with Crippen LogP contribution in [0.3, 0.4) is 0 Å². The van der Waals surface area contributed by atoms with Gasteiger partial charge in [0.05, 0.1) is 6.33 Å². The molecule has 0 aliphatic rings. The molecular formula is C18H23N3O3. The molecule has 0 aliphatic carbocycles. The van der Waals surface area contributed by atoms with Gasteiger partial charge in [0.25, 0.3) is 0 Å². The van der Waals surface area contributed by atoms with Crippen LogP contribution in [0.4, 0.5) is 0 Å². The maximum Gasteiger partial charge on any atom is 0.326 e. The highest BCUT2D eigenvalue weighted by atomic mass is 16.4. The molecule has 1 heterocycles. The largest absolute Gasteiger partial charge is 0.480 e. The molecule has 0 fully saturated rings. The van der Waals surface area contributed by atoms with Crippen molar-refractivity contribution in [2.75, 3.05) is 0 Å². The molecule has 1 unspecified atom stereocenters. The molecule has 6 nitrogen and oxygen atoms in total. The lowest BCUT2D eigenvalue weighted by atomic mass is 10.1. The third-order valence-electron chi connectivity index (χ3n) is 3.80. The van der Waals surface area contributed by atoms with Crippen LogP contribution in [0.15, 0.2) is 49.1 Å². The fourth-order valence-electron chi connectivity index (χ4n) is 2.49. The average Bonchev–Trinajstić information content (AvgIpc) is 3.08. The number of carbonyl (C=O) groups excluding carboxylic acids is 1. The molecule has 1 amide bonds. The summed E-state index contributed by atoms with van der Waals surface area (Å²) < 4.78 is 2.00. The van der Waals surface area contributed by atoms with Gasteiger partial charge < -0.3 is 15.0 Å². The van der Waals surface area contributed by atoms with Crippen molar-refractivity contribution >= 4 is 11.9 Å². The lowest BCUT2D eigenvalue weighted by Crippen LogP contribution is -2.42. The van der Waals surface area contributed by atoms with E-state index in [0.29, 0.717) is 12.8 Å². The summed E-state index contributed by atoms with van der Waals surface area (Å²) >= 11 is 0. The van der Waals surface area contributed by atoms with E-state index in [1.54, 1.807) is 12.5 Å². The number of aryl methyl sites for hydroxylation is 1. The molecule has 0 bridgehead atoms. The first kappa shape index (κ1) is 17.7. The normalized spacial score (nSPS) is 11.8. The molecule has 2 rings (SSSR count). The second-order valence-electron chi connectivity index (χ2n) is 5.76. The minimum absolute atomic E-state index is 0.207. The Hall–Kier alpha value is -2.63. The summed E-state index contributed by atoms with van der Waals surface area (Å²) in [5.74, 6) is -1.21. The second kappa shape index (κ2) is 9.50. The molecule has 0 spiro atoms. The van der Waals surface area contributed by atoms with E-state index in [0.717, 1.165) is 31.4 Å². The third-order valence-corrected chi connectivity index (χ3v) is 3.80. The number of hydrogen-bond donors (Lipinski definition) is 2. The number of carboxylic acids is 1. The summed E-state index contributed by atoms with van der Waals surface area (Å²) in [5.41, 5.74) is 0.894. The number of imidazole rings is 1. The van der Waals surface area contributed by atoms with Crippen molar-refractivity contribution in [2.24, 2.45) is 0 Å². The standard InChI is InChI=1S/C18H23N3O3/c22-17(9-5-2-6-11-21-12-10-19-14-21)20-16(18(23)24)13-15-7-3-1-4-8-15/h1,3-4,7-8,10,12,14,16H,2,5-6,9,11,13H2,(H,20,22)(H,23,24). The topological polar surface area (TPSA) is 84.2 Å². The highest BCUT2D eigenvalue weighted by molar-refractivity contribution is 5.83. The summed E-state index contributed by atoms with van der Waals surface area (Å²) in [4.78, 5) is 27.2. The predicted molar refractivity (Wildman–Crippen MR) is 90.4 cm³/mol. The van der Waals surface area contributed by atoms with Gasteiger partial charge in [-0.25, -0.2) is 9.78 Å². The van der Waals surface area contributed by atoms with Crippen molar-refractivity contribution < 1.29 is 14.7 Å². The molecule has 2 aromatic rings. The molecule has 1 atom stereocenters. The van der Waals surface area contributed by atoms with Crippen molar-refractivity contribution in [2.45, 2.75) is 44.7 Å². The van der Waals surface area contributed by atoms with Gasteiger partial charge in [0, 0.05) is 31.8 Å². The van der Waals surface area contributed by atoms with E-state index in [9.17, 15) is 14.7 Å². The summed E-state index contributed by atoms with van der Waals surface area (Å²) in [5, 5.41) is 11.9. The quantitative estimate of drug-likeness (QED) is 0.655. The van der Waals surface area contributed by atoms with Crippen LogP contribution in [-0.2, 0) is 22.6 Å².